The first-order chi connectivity index (χ1) is 12.5. The maximum atomic E-state index is 12.8. The molecule has 3 fully saturated rings. The van der Waals surface area contributed by atoms with E-state index in [1.54, 1.807) is 0 Å². The molecule has 132 valence electrons. The lowest BCUT2D eigenvalue weighted by Gasteiger charge is -2.37. The van der Waals surface area contributed by atoms with Crippen LogP contribution in [0.1, 0.15) is 12.0 Å². The van der Waals surface area contributed by atoms with Crippen molar-refractivity contribution < 1.29 is 14.5 Å². The van der Waals surface area contributed by atoms with Gasteiger partial charge in [-0.25, -0.2) is 0 Å². The van der Waals surface area contributed by atoms with Gasteiger partial charge in [0.1, 0.15) is 0 Å². The summed E-state index contributed by atoms with van der Waals surface area (Å²) in [7, 11) is 0. The number of imide groups is 1. The molecular weight excluding hydrogens is 402 g/mol. The van der Waals surface area contributed by atoms with E-state index in [2.05, 4.69) is 33.2 Å². The van der Waals surface area contributed by atoms with Gasteiger partial charge < -0.3 is 0 Å². The Morgan fingerprint density at radius 3 is 2.31 bits per heavy atom. The molecule has 0 radical (unpaired) electrons. The fourth-order valence-electron chi connectivity index (χ4n) is 4.91. The van der Waals surface area contributed by atoms with Crippen LogP contribution in [0.3, 0.4) is 0 Å². The lowest BCUT2D eigenvalue weighted by molar-refractivity contribution is -0.384. The summed E-state index contributed by atoms with van der Waals surface area (Å²) in [6, 6.07) is 4.26. The Kier molecular flexibility index (Phi) is 3.25. The molecule has 2 saturated carbocycles. The number of nitrogens with zero attached hydrogens (tertiary/aromatic N) is 3. The maximum absolute atomic E-state index is 12.8. The zero-order valence-corrected chi connectivity index (χ0v) is 15.1. The molecule has 1 aromatic carbocycles. The predicted molar refractivity (Wildman–Crippen MR) is 94.9 cm³/mol. The number of hydrogen-bond acceptors (Lipinski definition) is 5. The summed E-state index contributed by atoms with van der Waals surface area (Å²) >= 11 is 3.27. The molecule has 4 aliphatic carbocycles. The third-order valence-electron chi connectivity index (χ3n) is 6.15. The largest absolute Gasteiger partial charge is 0.272 e. The van der Waals surface area contributed by atoms with Crippen molar-refractivity contribution in [2.75, 3.05) is 0 Å². The van der Waals surface area contributed by atoms with Gasteiger partial charge in [-0.1, -0.05) is 12.2 Å². The molecule has 0 N–H and O–H groups in total. The third kappa shape index (κ3) is 2.08. The van der Waals surface area contributed by atoms with E-state index >= 15 is 0 Å². The minimum Gasteiger partial charge on any atom is -0.272 e. The number of hydrazone groups is 1. The van der Waals surface area contributed by atoms with E-state index in [1.165, 1.54) is 24.4 Å². The Bertz CT molecular complexity index is 891. The van der Waals surface area contributed by atoms with Gasteiger partial charge >= 0.3 is 0 Å². The van der Waals surface area contributed by atoms with E-state index < -0.39 is 4.92 Å². The number of non-ortho nitro benzene ring substituents is 1. The molecule has 2 amide bonds. The number of carbonyl (C=O) groups is 2. The minimum atomic E-state index is -0.488. The first-order valence-electron chi connectivity index (χ1n) is 8.51. The van der Waals surface area contributed by atoms with Crippen LogP contribution in [-0.4, -0.2) is 28.0 Å². The standard InChI is InChI=1S/C18H14BrN3O4/c19-14-5-9(22(25)26)2-1-8(14)7-20-21-17(23)15-10-3-4-11(13-6-12(10)13)16(15)18(21)24/h1-5,7,10-13,15-16H,6H2/b20-7-/t10-,11-,12-,13-,15+,16+/m0/s1. The number of amides is 2. The van der Waals surface area contributed by atoms with Gasteiger partial charge in [-0.2, -0.15) is 10.1 Å². The lowest BCUT2D eigenvalue weighted by Crippen LogP contribution is -2.40. The average Bonchev–Trinajstić information content (AvgIpc) is 3.40. The quantitative estimate of drug-likeness (QED) is 0.249. The normalized spacial score (nSPS) is 36.6. The van der Waals surface area contributed by atoms with Crippen molar-refractivity contribution in [2.24, 2.45) is 40.6 Å². The Labute approximate surface area is 157 Å². The summed E-state index contributed by atoms with van der Waals surface area (Å²) < 4.78 is 0.481. The molecule has 5 aliphatic rings. The molecule has 8 heteroatoms. The fourth-order valence-corrected chi connectivity index (χ4v) is 5.38. The topological polar surface area (TPSA) is 92.9 Å². The number of allylic oxidation sites excluding steroid dienone is 2. The number of halogens is 1. The van der Waals surface area contributed by atoms with Gasteiger partial charge in [-0.05, 0) is 52.1 Å². The highest BCUT2D eigenvalue weighted by Gasteiger charge is 2.67. The second-order valence-corrected chi connectivity index (χ2v) is 8.20. The summed E-state index contributed by atoms with van der Waals surface area (Å²) in [6.45, 7) is 0. The van der Waals surface area contributed by atoms with Crippen molar-refractivity contribution in [3.63, 3.8) is 0 Å². The molecule has 6 rings (SSSR count). The van der Waals surface area contributed by atoms with Crippen LogP contribution in [0.25, 0.3) is 0 Å². The van der Waals surface area contributed by atoms with Gasteiger partial charge in [-0.3, -0.25) is 19.7 Å². The summed E-state index contributed by atoms with van der Waals surface area (Å²) in [5, 5.41) is 15.9. The molecule has 0 unspecified atom stereocenters. The van der Waals surface area contributed by atoms with E-state index in [9.17, 15) is 19.7 Å². The maximum Gasteiger partial charge on any atom is 0.270 e. The van der Waals surface area contributed by atoms with Gasteiger partial charge in [-0.15, -0.1) is 0 Å². The highest BCUT2D eigenvalue weighted by molar-refractivity contribution is 9.10. The molecule has 26 heavy (non-hydrogen) atoms. The van der Waals surface area contributed by atoms with Crippen LogP contribution in [0.15, 0.2) is 39.9 Å². The molecule has 6 atom stereocenters. The van der Waals surface area contributed by atoms with Crippen molar-refractivity contribution >= 4 is 39.6 Å². The smallest absolute Gasteiger partial charge is 0.270 e. The number of rotatable bonds is 3. The number of nitro groups is 1. The Morgan fingerprint density at radius 1 is 1.15 bits per heavy atom. The van der Waals surface area contributed by atoms with Crippen molar-refractivity contribution in [3.8, 4) is 0 Å². The highest BCUT2D eigenvalue weighted by atomic mass is 79.9. The lowest BCUT2D eigenvalue weighted by atomic mass is 9.63. The van der Waals surface area contributed by atoms with Crippen molar-refractivity contribution in [3.05, 3.63) is 50.5 Å². The number of carbonyl (C=O) groups excluding carboxylic acids is 2. The van der Waals surface area contributed by atoms with Gasteiger partial charge in [0.15, 0.2) is 0 Å². The van der Waals surface area contributed by atoms with Crippen LogP contribution in [-0.2, 0) is 9.59 Å². The van der Waals surface area contributed by atoms with E-state index in [0.29, 0.717) is 21.9 Å². The molecular formula is C18H14BrN3O4. The molecule has 1 aromatic rings. The Hall–Kier alpha value is -2.35. The van der Waals surface area contributed by atoms with Gasteiger partial charge in [0.05, 0.1) is 23.0 Å². The van der Waals surface area contributed by atoms with Gasteiger partial charge in [0, 0.05) is 22.2 Å². The van der Waals surface area contributed by atoms with Crippen LogP contribution in [0.2, 0.25) is 0 Å². The third-order valence-corrected chi connectivity index (χ3v) is 6.83. The number of nitro benzene ring substituents is 1. The average molecular weight is 416 g/mol. The zero-order valence-electron chi connectivity index (χ0n) is 13.5. The second-order valence-electron chi connectivity index (χ2n) is 7.35. The van der Waals surface area contributed by atoms with Crippen LogP contribution in [0, 0.1) is 45.6 Å². The summed E-state index contributed by atoms with van der Waals surface area (Å²) in [5.41, 5.74) is 0.519. The molecule has 1 saturated heterocycles. The molecule has 0 aromatic heterocycles. The van der Waals surface area contributed by atoms with E-state index in [-0.39, 0.29) is 41.2 Å². The first kappa shape index (κ1) is 15.9. The molecule has 0 spiro atoms. The van der Waals surface area contributed by atoms with Gasteiger partial charge in [0.25, 0.3) is 17.5 Å². The SMILES string of the molecule is O=C1[C@@H]2[C@H]3C=C[C@@H]([C@@H]4C[C@@H]34)[C@H]2C(=O)N1/N=C\c1ccc([N+](=O)[O-])cc1Br. The van der Waals surface area contributed by atoms with Crippen molar-refractivity contribution in [2.45, 2.75) is 6.42 Å². The van der Waals surface area contributed by atoms with Crippen LogP contribution in [0.4, 0.5) is 5.69 Å². The predicted octanol–water partition coefficient (Wildman–Crippen LogP) is 2.74. The Morgan fingerprint density at radius 2 is 1.77 bits per heavy atom. The fraction of sp³-hybridized carbons (Fsp3) is 0.389. The number of hydrogen-bond donors (Lipinski definition) is 0. The molecule has 2 bridgehead atoms. The van der Waals surface area contributed by atoms with E-state index in [1.807, 2.05) is 0 Å². The van der Waals surface area contributed by atoms with Crippen molar-refractivity contribution in [1.82, 2.24) is 5.01 Å². The summed E-state index contributed by atoms with van der Waals surface area (Å²) in [6.07, 6.45) is 6.75. The van der Waals surface area contributed by atoms with E-state index in [0.717, 1.165) is 11.4 Å². The van der Waals surface area contributed by atoms with Crippen LogP contribution >= 0.6 is 15.9 Å². The van der Waals surface area contributed by atoms with Crippen LogP contribution < -0.4 is 0 Å². The molecule has 1 heterocycles. The molecule has 1 aliphatic heterocycles. The van der Waals surface area contributed by atoms with Gasteiger partial charge in [0.2, 0.25) is 0 Å². The van der Waals surface area contributed by atoms with E-state index in [4.69, 9.17) is 0 Å². The van der Waals surface area contributed by atoms with Crippen LogP contribution in [0.5, 0.6) is 0 Å². The highest BCUT2D eigenvalue weighted by Crippen LogP contribution is 2.65. The second kappa shape index (κ2) is 5.33. The first-order valence-corrected chi connectivity index (χ1v) is 9.30. The summed E-state index contributed by atoms with van der Waals surface area (Å²) in [4.78, 5) is 35.9. The number of benzene rings is 1. The molecule has 7 nitrogen and oxygen atoms in total. The Balaban J connectivity index is 1.42. The van der Waals surface area contributed by atoms with Crippen molar-refractivity contribution in [1.29, 1.82) is 0 Å². The monoisotopic (exact) mass is 415 g/mol. The zero-order chi connectivity index (χ0) is 18.2. The summed E-state index contributed by atoms with van der Waals surface area (Å²) in [5.74, 6) is 0.428. The minimum absolute atomic E-state index is 0.0461.